The lowest BCUT2D eigenvalue weighted by Crippen LogP contribution is -2.43. The molecular weight excluding hydrogens is 252 g/mol. The third-order valence-corrected chi connectivity index (χ3v) is 4.53. The summed E-state index contributed by atoms with van der Waals surface area (Å²) >= 11 is 0. The van der Waals surface area contributed by atoms with Crippen molar-refractivity contribution >= 4 is 15.9 Å². The van der Waals surface area contributed by atoms with Gasteiger partial charge in [-0.2, -0.15) is 0 Å². The predicted octanol–water partition coefficient (Wildman–Crippen LogP) is 0.621. The van der Waals surface area contributed by atoms with Crippen LogP contribution in [0.15, 0.2) is 0 Å². The Balaban J connectivity index is 1.72. The van der Waals surface area contributed by atoms with Crippen LogP contribution in [0.1, 0.15) is 38.5 Å². The Labute approximate surface area is 109 Å². The molecule has 2 aliphatic rings. The molecule has 0 unspecified atom stereocenters. The van der Waals surface area contributed by atoms with Gasteiger partial charge < -0.3 is 5.32 Å². The molecule has 0 heterocycles. The summed E-state index contributed by atoms with van der Waals surface area (Å²) in [5, 5.41) is 2.94. The van der Waals surface area contributed by atoms with Crippen molar-refractivity contribution in [1.82, 2.24) is 10.0 Å². The second kappa shape index (κ2) is 5.57. The van der Waals surface area contributed by atoms with Crippen molar-refractivity contribution in [3.05, 3.63) is 0 Å². The van der Waals surface area contributed by atoms with Crippen LogP contribution in [0.4, 0.5) is 0 Å². The van der Waals surface area contributed by atoms with Gasteiger partial charge in [-0.3, -0.25) is 4.79 Å². The van der Waals surface area contributed by atoms with E-state index >= 15 is 0 Å². The van der Waals surface area contributed by atoms with Crippen molar-refractivity contribution in [2.45, 2.75) is 44.6 Å². The van der Waals surface area contributed by atoms with Crippen molar-refractivity contribution < 1.29 is 13.2 Å². The minimum absolute atomic E-state index is 0.149. The number of hydrogen-bond donors (Lipinski definition) is 2. The lowest BCUT2D eigenvalue weighted by Gasteiger charge is -2.29. The van der Waals surface area contributed by atoms with Crippen molar-refractivity contribution in [2.24, 2.45) is 11.8 Å². The molecule has 2 fully saturated rings. The number of nitrogens with one attached hydrogen (secondary N) is 2. The van der Waals surface area contributed by atoms with E-state index < -0.39 is 10.0 Å². The van der Waals surface area contributed by atoms with Gasteiger partial charge in [0, 0.05) is 6.04 Å². The highest BCUT2D eigenvalue weighted by Crippen LogP contribution is 2.43. The molecule has 0 saturated heterocycles. The first-order valence-corrected chi connectivity index (χ1v) is 8.57. The van der Waals surface area contributed by atoms with Crippen LogP contribution in [0.3, 0.4) is 0 Å². The molecule has 0 aliphatic heterocycles. The first-order chi connectivity index (χ1) is 8.44. The Morgan fingerprint density at radius 1 is 1.17 bits per heavy atom. The summed E-state index contributed by atoms with van der Waals surface area (Å²) in [6.45, 7) is -0.149. The fraction of sp³-hybridized carbons (Fsp3) is 0.917. The highest BCUT2D eigenvalue weighted by molar-refractivity contribution is 7.88. The van der Waals surface area contributed by atoms with E-state index in [4.69, 9.17) is 0 Å². The molecule has 2 saturated carbocycles. The molecule has 0 spiro atoms. The topological polar surface area (TPSA) is 75.3 Å². The SMILES string of the molecule is CS(=O)(=O)NCC(=O)N[C@H]1CCC[C@H](C2CC2)C1. The van der Waals surface area contributed by atoms with E-state index in [-0.39, 0.29) is 18.5 Å². The van der Waals surface area contributed by atoms with E-state index in [1.54, 1.807) is 0 Å². The first-order valence-electron chi connectivity index (χ1n) is 6.68. The van der Waals surface area contributed by atoms with Crippen LogP contribution in [-0.4, -0.2) is 33.2 Å². The van der Waals surface area contributed by atoms with Gasteiger partial charge in [0.25, 0.3) is 0 Å². The van der Waals surface area contributed by atoms with Crippen molar-refractivity contribution in [2.75, 3.05) is 12.8 Å². The van der Waals surface area contributed by atoms with Gasteiger partial charge >= 0.3 is 0 Å². The van der Waals surface area contributed by atoms with Crippen LogP contribution in [0.2, 0.25) is 0 Å². The number of hydrogen-bond acceptors (Lipinski definition) is 3. The standard InChI is InChI=1S/C12H22N2O3S/c1-18(16,17)13-8-12(15)14-11-4-2-3-10(7-11)9-5-6-9/h9-11,13H,2-8H2,1H3,(H,14,15)/t10-,11-/m0/s1. The molecule has 6 heteroatoms. The molecule has 2 rings (SSSR count). The van der Waals surface area contributed by atoms with Gasteiger partial charge in [-0.05, 0) is 37.5 Å². The summed E-state index contributed by atoms with van der Waals surface area (Å²) in [5.74, 6) is 1.44. The second-order valence-corrected chi connectivity index (χ2v) is 7.45. The molecule has 0 aromatic carbocycles. The third kappa shape index (κ3) is 4.57. The van der Waals surface area contributed by atoms with Gasteiger partial charge in [-0.1, -0.05) is 12.8 Å². The average molecular weight is 274 g/mol. The van der Waals surface area contributed by atoms with E-state index in [1.807, 2.05) is 0 Å². The smallest absolute Gasteiger partial charge is 0.235 e. The maximum Gasteiger partial charge on any atom is 0.235 e. The molecule has 0 radical (unpaired) electrons. The molecule has 18 heavy (non-hydrogen) atoms. The average Bonchev–Trinajstić information content (AvgIpc) is 3.10. The lowest BCUT2D eigenvalue weighted by atomic mass is 9.83. The van der Waals surface area contributed by atoms with Crippen LogP contribution in [0.5, 0.6) is 0 Å². The fourth-order valence-electron chi connectivity index (χ4n) is 2.83. The van der Waals surface area contributed by atoms with E-state index in [2.05, 4.69) is 10.0 Å². The molecule has 2 N–H and O–H groups in total. The summed E-state index contributed by atoms with van der Waals surface area (Å²) in [6, 6.07) is 0.234. The van der Waals surface area contributed by atoms with Gasteiger partial charge in [-0.25, -0.2) is 13.1 Å². The van der Waals surface area contributed by atoms with Crippen molar-refractivity contribution in [3.8, 4) is 0 Å². The number of amides is 1. The molecule has 5 nitrogen and oxygen atoms in total. The molecular formula is C12H22N2O3S. The van der Waals surface area contributed by atoms with Gasteiger partial charge in [-0.15, -0.1) is 0 Å². The quantitative estimate of drug-likeness (QED) is 0.772. The summed E-state index contributed by atoms with van der Waals surface area (Å²) in [4.78, 5) is 11.6. The highest BCUT2D eigenvalue weighted by atomic mass is 32.2. The second-order valence-electron chi connectivity index (χ2n) is 5.62. The normalized spacial score (nSPS) is 28.9. The van der Waals surface area contributed by atoms with E-state index in [9.17, 15) is 13.2 Å². The Morgan fingerprint density at radius 2 is 1.89 bits per heavy atom. The summed E-state index contributed by atoms with van der Waals surface area (Å²) in [6.07, 6.45) is 8.30. The van der Waals surface area contributed by atoms with Crippen LogP contribution in [0.25, 0.3) is 0 Å². The van der Waals surface area contributed by atoms with Crippen molar-refractivity contribution in [1.29, 1.82) is 0 Å². The summed E-state index contributed by atoms with van der Waals surface area (Å²) < 4.78 is 24.0. The largest absolute Gasteiger partial charge is 0.352 e. The zero-order chi connectivity index (χ0) is 13.2. The minimum atomic E-state index is -3.29. The Hall–Kier alpha value is -0.620. The molecule has 1 amide bonds. The maximum absolute atomic E-state index is 11.6. The minimum Gasteiger partial charge on any atom is -0.352 e. The monoisotopic (exact) mass is 274 g/mol. The van der Waals surface area contributed by atoms with E-state index in [0.717, 1.165) is 30.9 Å². The maximum atomic E-state index is 11.6. The molecule has 0 bridgehead atoms. The van der Waals surface area contributed by atoms with E-state index in [0.29, 0.717) is 0 Å². The predicted molar refractivity (Wildman–Crippen MR) is 69.5 cm³/mol. The van der Waals surface area contributed by atoms with Crippen LogP contribution >= 0.6 is 0 Å². The van der Waals surface area contributed by atoms with Crippen LogP contribution in [-0.2, 0) is 14.8 Å². The van der Waals surface area contributed by atoms with Gasteiger partial charge in [0.2, 0.25) is 15.9 Å². The molecule has 0 aromatic rings. The number of rotatable bonds is 5. The van der Waals surface area contributed by atoms with Gasteiger partial charge in [0.05, 0.1) is 12.8 Å². The third-order valence-electron chi connectivity index (χ3n) is 3.86. The molecule has 2 atom stereocenters. The highest BCUT2D eigenvalue weighted by Gasteiger charge is 2.34. The van der Waals surface area contributed by atoms with Crippen LogP contribution in [0, 0.1) is 11.8 Å². The number of sulfonamides is 1. The lowest BCUT2D eigenvalue weighted by molar-refractivity contribution is -0.121. The first kappa shape index (κ1) is 13.8. The van der Waals surface area contributed by atoms with Gasteiger partial charge in [0.1, 0.15) is 0 Å². The van der Waals surface area contributed by atoms with Gasteiger partial charge in [0.15, 0.2) is 0 Å². The molecule has 104 valence electrons. The zero-order valence-electron chi connectivity index (χ0n) is 10.8. The summed E-state index contributed by atoms with van der Waals surface area (Å²) in [5.41, 5.74) is 0. The molecule has 2 aliphatic carbocycles. The fourth-order valence-corrected chi connectivity index (χ4v) is 3.22. The van der Waals surface area contributed by atoms with E-state index in [1.165, 1.54) is 25.7 Å². The Kier molecular flexibility index (Phi) is 4.27. The Morgan fingerprint density at radius 3 is 2.50 bits per heavy atom. The number of carbonyl (C=O) groups is 1. The molecule has 0 aromatic heterocycles. The number of carbonyl (C=O) groups excluding carboxylic acids is 1. The van der Waals surface area contributed by atoms with Crippen molar-refractivity contribution in [3.63, 3.8) is 0 Å². The zero-order valence-corrected chi connectivity index (χ0v) is 11.6. The van der Waals surface area contributed by atoms with Crippen LogP contribution < -0.4 is 10.0 Å². The Bertz CT molecular complexity index is 404. The summed E-state index contributed by atoms with van der Waals surface area (Å²) in [7, 11) is -3.29.